The van der Waals surface area contributed by atoms with Crippen molar-refractivity contribution < 1.29 is 19.1 Å². The first-order chi connectivity index (χ1) is 13.7. The predicted molar refractivity (Wildman–Crippen MR) is 119 cm³/mol. The molecule has 0 saturated heterocycles. The molecule has 0 aromatic carbocycles. The Labute approximate surface area is 178 Å². The van der Waals surface area contributed by atoms with Gasteiger partial charge in [-0.15, -0.1) is 0 Å². The van der Waals surface area contributed by atoms with Crippen molar-refractivity contribution in [1.82, 2.24) is 10.6 Å². The molecule has 2 N–H and O–H groups in total. The van der Waals surface area contributed by atoms with E-state index < -0.39 is 12.4 Å². The molecule has 0 heterocycles. The molecular formula is C23H46N2O4. The monoisotopic (exact) mass is 414 g/mol. The number of carbonyl (C=O) groups excluding carboxylic acids is 2. The number of unbranched alkanes of at least 4 members (excludes halogenated alkanes) is 10. The first kappa shape index (κ1) is 27.7. The van der Waals surface area contributed by atoms with Gasteiger partial charge >= 0.3 is 6.09 Å². The van der Waals surface area contributed by atoms with Crippen molar-refractivity contribution in [2.75, 3.05) is 13.2 Å². The Hall–Kier alpha value is -1.30. The van der Waals surface area contributed by atoms with Gasteiger partial charge in [0, 0.05) is 18.5 Å². The van der Waals surface area contributed by atoms with E-state index in [2.05, 4.69) is 17.6 Å². The lowest BCUT2D eigenvalue weighted by atomic mass is 10.1. The third kappa shape index (κ3) is 21.2. The first-order valence-electron chi connectivity index (χ1n) is 11.6. The lowest BCUT2D eigenvalue weighted by Crippen LogP contribution is -2.42. The molecular weight excluding hydrogens is 368 g/mol. The van der Waals surface area contributed by atoms with E-state index >= 15 is 0 Å². The van der Waals surface area contributed by atoms with Crippen molar-refractivity contribution in [2.45, 2.75) is 123 Å². The number of amides is 2. The molecule has 0 rings (SSSR count). The molecule has 29 heavy (non-hydrogen) atoms. The van der Waals surface area contributed by atoms with Gasteiger partial charge in [0.1, 0.15) is 0 Å². The number of ether oxygens (including phenoxy) is 2. The maximum Gasteiger partial charge on any atom is 0.409 e. The van der Waals surface area contributed by atoms with E-state index in [-0.39, 0.29) is 11.4 Å². The van der Waals surface area contributed by atoms with Crippen LogP contribution in [0.1, 0.15) is 112 Å². The van der Waals surface area contributed by atoms with Gasteiger partial charge in [-0.2, -0.15) is 0 Å². The number of nitrogens with one attached hydrogen (secondary N) is 2. The highest BCUT2D eigenvalue weighted by atomic mass is 16.7. The quantitative estimate of drug-likeness (QED) is 0.237. The van der Waals surface area contributed by atoms with Crippen LogP contribution >= 0.6 is 0 Å². The fourth-order valence-electron chi connectivity index (χ4n) is 2.97. The van der Waals surface area contributed by atoms with Gasteiger partial charge in [0.15, 0.2) is 0 Å². The topological polar surface area (TPSA) is 76.7 Å². The second kappa shape index (κ2) is 17.5. The minimum atomic E-state index is -0.652. The summed E-state index contributed by atoms with van der Waals surface area (Å²) in [5.74, 6) is 0.0589. The highest BCUT2D eigenvalue weighted by Crippen LogP contribution is 2.11. The minimum Gasteiger partial charge on any atom is -0.420 e. The highest BCUT2D eigenvalue weighted by molar-refractivity contribution is 5.75. The van der Waals surface area contributed by atoms with Gasteiger partial charge in [0.25, 0.3) is 0 Å². The maximum absolute atomic E-state index is 11.8. The molecule has 0 bridgehead atoms. The summed E-state index contributed by atoms with van der Waals surface area (Å²) < 4.78 is 10.5. The number of hydrogen-bond donors (Lipinski definition) is 2. The zero-order chi connectivity index (χ0) is 22.0. The van der Waals surface area contributed by atoms with Gasteiger partial charge in [-0.25, -0.2) is 4.79 Å². The average molecular weight is 415 g/mol. The Kier molecular flexibility index (Phi) is 16.8. The summed E-state index contributed by atoms with van der Waals surface area (Å²) in [5.41, 5.74) is -0.348. The highest BCUT2D eigenvalue weighted by Gasteiger charge is 2.17. The van der Waals surface area contributed by atoms with Gasteiger partial charge in [-0.1, -0.05) is 71.1 Å². The molecule has 0 aromatic heterocycles. The Morgan fingerprint density at radius 3 is 1.90 bits per heavy atom. The second-order valence-electron chi connectivity index (χ2n) is 8.85. The van der Waals surface area contributed by atoms with Crippen LogP contribution in [0.4, 0.5) is 4.79 Å². The van der Waals surface area contributed by atoms with Crippen molar-refractivity contribution in [3.63, 3.8) is 0 Å². The molecule has 172 valence electrons. The molecule has 1 atom stereocenters. The van der Waals surface area contributed by atoms with E-state index in [4.69, 9.17) is 9.47 Å². The smallest absolute Gasteiger partial charge is 0.409 e. The van der Waals surface area contributed by atoms with Crippen LogP contribution in [0.15, 0.2) is 0 Å². The minimum absolute atomic E-state index is 0.0589. The van der Waals surface area contributed by atoms with Gasteiger partial charge < -0.3 is 20.1 Å². The van der Waals surface area contributed by atoms with Crippen LogP contribution in [0.2, 0.25) is 0 Å². The second-order valence-corrected chi connectivity index (χ2v) is 8.85. The van der Waals surface area contributed by atoms with Crippen LogP contribution in [0.3, 0.4) is 0 Å². The van der Waals surface area contributed by atoms with Gasteiger partial charge in [-0.05, 0) is 34.1 Å². The Bertz CT molecular complexity index is 422. The maximum atomic E-state index is 11.8. The number of alkyl carbamates (subject to hydrolysis) is 1. The van der Waals surface area contributed by atoms with Crippen LogP contribution in [-0.4, -0.2) is 37.0 Å². The van der Waals surface area contributed by atoms with Gasteiger partial charge in [-0.3, -0.25) is 4.79 Å². The molecule has 1 unspecified atom stereocenters. The molecule has 0 aliphatic rings. The standard InChI is InChI=1S/C23H46N2O4/c1-6-7-8-9-10-11-12-13-14-15-16-17-21(26)24-18-19-28-20(2)29-22(27)25-23(3,4)5/h20H,6-19H2,1-5H3,(H,24,26)(H,25,27). The van der Waals surface area contributed by atoms with E-state index in [1.54, 1.807) is 6.92 Å². The zero-order valence-corrected chi connectivity index (χ0v) is 19.6. The van der Waals surface area contributed by atoms with Crippen LogP contribution in [0.25, 0.3) is 0 Å². The van der Waals surface area contributed by atoms with Gasteiger partial charge in [0.05, 0.1) is 6.61 Å². The molecule has 6 nitrogen and oxygen atoms in total. The molecule has 0 radical (unpaired) electrons. The Morgan fingerprint density at radius 2 is 1.38 bits per heavy atom. The van der Waals surface area contributed by atoms with Crippen LogP contribution in [-0.2, 0) is 14.3 Å². The van der Waals surface area contributed by atoms with Crippen molar-refractivity contribution in [3.05, 3.63) is 0 Å². The van der Waals surface area contributed by atoms with Crippen LogP contribution in [0.5, 0.6) is 0 Å². The van der Waals surface area contributed by atoms with Crippen molar-refractivity contribution >= 4 is 12.0 Å². The normalized spacial score (nSPS) is 12.4. The van der Waals surface area contributed by atoms with E-state index in [9.17, 15) is 9.59 Å². The van der Waals surface area contributed by atoms with E-state index in [0.717, 1.165) is 12.8 Å². The largest absolute Gasteiger partial charge is 0.420 e. The number of rotatable bonds is 17. The van der Waals surface area contributed by atoms with Crippen molar-refractivity contribution in [3.8, 4) is 0 Å². The third-order valence-corrected chi connectivity index (χ3v) is 4.53. The molecule has 0 aliphatic heterocycles. The van der Waals surface area contributed by atoms with Crippen LogP contribution < -0.4 is 10.6 Å². The fraction of sp³-hybridized carbons (Fsp3) is 0.913. The van der Waals surface area contributed by atoms with E-state index in [0.29, 0.717) is 19.6 Å². The van der Waals surface area contributed by atoms with E-state index in [1.165, 1.54) is 57.8 Å². The van der Waals surface area contributed by atoms with Gasteiger partial charge in [0.2, 0.25) is 12.2 Å². The summed E-state index contributed by atoms with van der Waals surface area (Å²) in [6.45, 7) is 10.3. The number of carbonyl (C=O) groups is 2. The third-order valence-electron chi connectivity index (χ3n) is 4.53. The summed E-state index contributed by atoms with van der Waals surface area (Å²) in [7, 11) is 0. The first-order valence-corrected chi connectivity index (χ1v) is 11.6. The molecule has 0 aromatic rings. The predicted octanol–water partition coefficient (Wildman–Crippen LogP) is 5.69. The summed E-state index contributed by atoms with van der Waals surface area (Å²) in [6.07, 6.45) is 13.5. The molecule has 6 heteroatoms. The summed E-state index contributed by atoms with van der Waals surface area (Å²) >= 11 is 0. The zero-order valence-electron chi connectivity index (χ0n) is 19.6. The molecule has 0 aliphatic carbocycles. The Balaban J connectivity index is 3.45. The van der Waals surface area contributed by atoms with Crippen LogP contribution in [0, 0.1) is 0 Å². The van der Waals surface area contributed by atoms with Crippen molar-refractivity contribution in [2.24, 2.45) is 0 Å². The molecule has 0 spiro atoms. The molecule has 2 amide bonds. The fourth-order valence-corrected chi connectivity index (χ4v) is 2.97. The SMILES string of the molecule is CCCCCCCCCCCCCC(=O)NCCOC(C)OC(=O)NC(C)(C)C. The lowest BCUT2D eigenvalue weighted by molar-refractivity contribution is -0.123. The van der Waals surface area contributed by atoms with Crippen molar-refractivity contribution in [1.29, 1.82) is 0 Å². The number of hydrogen-bond acceptors (Lipinski definition) is 4. The van der Waals surface area contributed by atoms with E-state index in [1.807, 2.05) is 20.8 Å². The summed E-state index contributed by atoms with van der Waals surface area (Å²) in [4.78, 5) is 23.4. The summed E-state index contributed by atoms with van der Waals surface area (Å²) in [6, 6.07) is 0. The lowest BCUT2D eigenvalue weighted by Gasteiger charge is -2.22. The summed E-state index contributed by atoms with van der Waals surface area (Å²) in [5, 5.41) is 5.55. The molecule has 0 fully saturated rings. The average Bonchev–Trinajstić information content (AvgIpc) is 2.61. The molecule has 0 saturated carbocycles. The Morgan fingerprint density at radius 1 is 0.862 bits per heavy atom.